The van der Waals surface area contributed by atoms with Crippen LogP contribution in [0.1, 0.15) is 20.3 Å². The molecule has 2 rings (SSSR count). The Kier molecular flexibility index (Phi) is 6.99. The predicted octanol–water partition coefficient (Wildman–Crippen LogP) is 5.65. The molecular weight excluding hydrogens is 284 g/mol. The molecule has 0 unspecified atom stereocenters. The van der Waals surface area contributed by atoms with Crippen molar-refractivity contribution in [1.29, 1.82) is 0 Å². The van der Waals surface area contributed by atoms with Crippen LogP contribution in [-0.4, -0.2) is 13.2 Å². The van der Waals surface area contributed by atoms with E-state index in [-0.39, 0.29) is 0 Å². The third-order valence-corrected chi connectivity index (χ3v) is 3.30. The highest BCUT2D eigenvalue weighted by Crippen LogP contribution is 2.24. The van der Waals surface area contributed by atoms with Gasteiger partial charge < -0.3 is 9.47 Å². The monoisotopic (exact) mass is 308 g/mol. The molecule has 0 spiro atoms. The minimum atomic E-state index is 0.577. The molecule has 0 aromatic heterocycles. The molecule has 0 aliphatic rings. The molecule has 0 atom stereocenters. The van der Waals surface area contributed by atoms with Gasteiger partial charge in [-0.1, -0.05) is 49.4 Å². The van der Waals surface area contributed by atoms with Crippen molar-refractivity contribution in [3.63, 3.8) is 0 Å². The van der Waals surface area contributed by atoms with Crippen LogP contribution >= 0.6 is 0 Å². The van der Waals surface area contributed by atoms with E-state index in [1.807, 2.05) is 55.5 Å². The highest BCUT2D eigenvalue weighted by atomic mass is 16.5. The van der Waals surface area contributed by atoms with E-state index in [4.69, 9.17) is 9.47 Å². The minimum Gasteiger partial charge on any atom is -0.494 e. The molecule has 0 bridgehead atoms. The molecule has 0 amide bonds. The van der Waals surface area contributed by atoms with Crippen LogP contribution in [-0.2, 0) is 0 Å². The van der Waals surface area contributed by atoms with E-state index < -0.39 is 0 Å². The standard InChI is InChI=1S/C21H24O2/c1-3-5-6-7-17-23-21-14-10-19(11-15-21)18-8-12-20(13-9-18)22-16-4-2/h3,5-15H,4,16-17H2,1-2H3/b5-3+,7-6+. The number of hydrogen-bond acceptors (Lipinski definition) is 2. The van der Waals surface area contributed by atoms with Gasteiger partial charge in [0.1, 0.15) is 18.1 Å². The molecule has 2 heteroatoms. The zero-order valence-corrected chi connectivity index (χ0v) is 13.9. The van der Waals surface area contributed by atoms with E-state index in [1.54, 1.807) is 0 Å². The van der Waals surface area contributed by atoms with E-state index in [9.17, 15) is 0 Å². The Labute approximate surface area is 139 Å². The summed E-state index contributed by atoms with van der Waals surface area (Å²) in [7, 11) is 0. The average molecular weight is 308 g/mol. The third kappa shape index (κ3) is 5.67. The van der Waals surface area contributed by atoms with Gasteiger partial charge in [-0.15, -0.1) is 0 Å². The Bertz CT molecular complexity index is 622. The van der Waals surface area contributed by atoms with E-state index in [0.29, 0.717) is 6.61 Å². The summed E-state index contributed by atoms with van der Waals surface area (Å²) in [4.78, 5) is 0. The van der Waals surface area contributed by atoms with Gasteiger partial charge in [0.2, 0.25) is 0 Å². The first-order valence-electron chi connectivity index (χ1n) is 8.07. The zero-order chi connectivity index (χ0) is 16.3. The molecule has 0 aliphatic carbocycles. The van der Waals surface area contributed by atoms with Crippen LogP contribution in [0.5, 0.6) is 11.5 Å². The second kappa shape index (κ2) is 9.52. The topological polar surface area (TPSA) is 18.5 Å². The molecule has 0 radical (unpaired) electrons. The van der Waals surface area contributed by atoms with Crippen molar-refractivity contribution in [3.05, 3.63) is 72.8 Å². The summed E-state index contributed by atoms with van der Waals surface area (Å²) in [5, 5.41) is 0. The van der Waals surface area contributed by atoms with Crippen molar-refractivity contribution in [3.8, 4) is 22.6 Å². The quantitative estimate of drug-likeness (QED) is 0.586. The van der Waals surface area contributed by atoms with Gasteiger partial charge in [0.25, 0.3) is 0 Å². The maximum absolute atomic E-state index is 5.67. The second-order valence-corrected chi connectivity index (χ2v) is 5.16. The van der Waals surface area contributed by atoms with Crippen LogP contribution in [0.3, 0.4) is 0 Å². The maximum atomic E-state index is 5.67. The third-order valence-electron chi connectivity index (χ3n) is 3.30. The molecule has 0 saturated heterocycles. The summed E-state index contributed by atoms with van der Waals surface area (Å²) in [6.45, 7) is 5.43. The van der Waals surface area contributed by atoms with Gasteiger partial charge in [-0.2, -0.15) is 0 Å². The summed E-state index contributed by atoms with van der Waals surface area (Å²) in [5.41, 5.74) is 2.34. The Hall–Kier alpha value is -2.48. The van der Waals surface area contributed by atoms with E-state index >= 15 is 0 Å². The number of benzene rings is 2. The smallest absolute Gasteiger partial charge is 0.119 e. The zero-order valence-electron chi connectivity index (χ0n) is 13.9. The first kappa shape index (κ1) is 16.9. The summed E-state index contributed by atoms with van der Waals surface area (Å²) in [6.07, 6.45) is 8.97. The van der Waals surface area contributed by atoms with Gasteiger partial charge in [-0.3, -0.25) is 0 Å². The summed E-state index contributed by atoms with van der Waals surface area (Å²) >= 11 is 0. The van der Waals surface area contributed by atoms with Gasteiger partial charge in [-0.25, -0.2) is 0 Å². The Morgan fingerprint density at radius 2 is 1.35 bits per heavy atom. The van der Waals surface area contributed by atoms with Crippen molar-refractivity contribution in [1.82, 2.24) is 0 Å². The van der Waals surface area contributed by atoms with Gasteiger partial charge in [0.05, 0.1) is 6.61 Å². The minimum absolute atomic E-state index is 0.577. The number of rotatable bonds is 8. The molecule has 120 valence electrons. The lowest BCUT2D eigenvalue weighted by molar-refractivity contribution is 0.317. The molecule has 0 heterocycles. The van der Waals surface area contributed by atoms with Gasteiger partial charge in [0, 0.05) is 0 Å². The lowest BCUT2D eigenvalue weighted by atomic mass is 10.1. The van der Waals surface area contributed by atoms with E-state index in [1.165, 1.54) is 11.1 Å². The van der Waals surface area contributed by atoms with Gasteiger partial charge >= 0.3 is 0 Å². The molecule has 0 aliphatic heterocycles. The fourth-order valence-corrected chi connectivity index (χ4v) is 2.10. The van der Waals surface area contributed by atoms with Crippen LogP contribution in [0.15, 0.2) is 72.8 Å². The van der Waals surface area contributed by atoms with Crippen molar-refractivity contribution in [2.24, 2.45) is 0 Å². The van der Waals surface area contributed by atoms with Crippen LogP contribution in [0.25, 0.3) is 11.1 Å². The lowest BCUT2D eigenvalue weighted by Crippen LogP contribution is -1.94. The Morgan fingerprint density at radius 1 is 0.783 bits per heavy atom. The maximum Gasteiger partial charge on any atom is 0.119 e. The fraction of sp³-hybridized carbons (Fsp3) is 0.238. The van der Waals surface area contributed by atoms with Crippen molar-refractivity contribution < 1.29 is 9.47 Å². The summed E-state index contributed by atoms with van der Waals surface area (Å²) < 4.78 is 11.3. The second-order valence-electron chi connectivity index (χ2n) is 5.16. The van der Waals surface area contributed by atoms with E-state index in [0.717, 1.165) is 24.5 Å². The van der Waals surface area contributed by atoms with Gasteiger partial charge in [-0.05, 0) is 54.8 Å². The Morgan fingerprint density at radius 3 is 1.87 bits per heavy atom. The number of hydrogen-bond donors (Lipinski definition) is 0. The largest absolute Gasteiger partial charge is 0.494 e. The Balaban J connectivity index is 1.93. The highest BCUT2D eigenvalue weighted by molar-refractivity contribution is 5.64. The first-order chi connectivity index (χ1) is 11.3. The van der Waals surface area contributed by atoms with Crippen molar-refractivity contribution in [2.45, 2.75) is 20.3 Å². The molecule has 2 aromatic carbocycles. The van der Waals surface area contributed by atoms with Crippen molar-refractivity contribution >= 4 is 0 Å². The SMILES string of the molecule is C/C=C/C=C/COc1ccc(-c2ccc(OCCC)cc2)cc1. The highest BCUT2D eigenvalue weighted by Gasteiger charge is 2.00. The summed E-state index contributed by atoms with van der Waals surface area (Å²) in [5.74, 6) is 1.80. The summed E-state index contributed by atoms with van der Waals surface area (Å²) in [6, 6.07) is 16.4. The van der Waals surface area contributed by atoms with E-state index in [2.05, 4.69) is 31.2 Å². The molecule has 2 nitrogen and oxygen atoms in total. The van der Waals surface area contributed by atoms with Gasteiger partial charge in [0.15, 0.2) is 0 Å². The van der Waals surface area contributed by atoms with Crippen LogP contribution in [0.2, 0.25) is 0 Å². The lowest BCUT2D eigenvalue weighted by Gasteiger charge is -2.07. The number of ether oxygens (including phenoxy) is 2. The van der Waals surface area contributed by atoms with Crippen molar-refractivity contribution in [2.75, 3.05) is 13.2 Å². The molecule has 0 N–H and O–H groups in total. The molecular formula is C21H24O2. The van der Waals surface area contributed by atoms with Crippen LogP contribution in [0, 0.1) is 0 Å². The molecule has 23 heavy (non-hydrogen) atoms. The van der Waals surface area contributed by atoms with Crippen LogP contribution < -0.4 is 9.47 Å². The predicted molar refractivity (Wildman–Crippen MR) is 97.1 cm³/mol. The van der Waals surface area contributed by atoms with Crippen LogP contribution in [0.4, 0.5) is 0 Å². The number of allylic oxidation sites excluding steroid dienone is 3. The average Bonchev–Trinajstić information content (AvgIpc) is 2.61. The molecule has 2 aromatic rings. The first-order valence-corrected chi connectivity index (χ1v) is 8.07. The molecule has 0 fully saturated rings. The molecule has 0 saturated carbocycles. The fourth-order valence-electron chi connectivity index (χ4n) is 2.10. The normalized spacial score (nSPS) is 11.2.